The van der Waals surface area contributed by atoms with E-state index < -0.39 is 0 Å². The normalized spacial score (nSPS) is 15.8. The van der Waals surface area contributed by atoms with E-state index in [1.165, 1.54) is 128 Å². The Morgan fingerprint density at radius 1 is 0.303 bits per heavy atom. The van der Waals surface area contributed by atoms with Crippen LogP contribution in [0.15, 0.2) is 247 Å². The van der Waals surface area contributed by atoms with Crippen LogP contribution >= 0.6 is 0 Å². The van der Waals surface area contributed by atoms with Crippen LogP contribution in [0.25, 0.3) is 82.9 Å². The van der Waals surface area contributed by atoms with Gasteiger partial charge in [-0.1, -0.05) is 182 Å². The third-order valence-corrected chi connectivity index (χ3v) is 17.3. The molecule has 0 amide bonds. The summed E-state index contributed by atoms with van der Waals surface area (Å²) < 4.78 is 0. The highest BCUT2D eigenvalue weighted by atomic mass is 15.2. The van der Waals surface area contributed by atoms with E-state index in [2.05, 4.69) is 240 Å². The standard InChI is InChI=1S/C74H58N2/c1-7-27-57-49(19-1)25-17-33-59(57)61-29-9-11-31-63(61)73-65-45-43-56(76-71-37-15-5-23-53(71)41-42-54-24-6-16-38-72(54)76)48-68(65)74(64-32-12-10-30-62(64)60-34-18-26-50-20-2-8-28-58(50)60)66-46-44-55(47-67(66)73)75-69-35-13-3-21-51(69)39-40-52-22-4-14-36-70(52)75/h1-4,7,9-22,25-27,29-38,43-48H,5-6,8,23-24,28,39-42H2. The van der Waals surface area contributed by atoms with E-state index in [1.807, 2.05) is 0 Å². The molecule has 0 aromatic heterocycles. The maximum atomic E-state index is 2.64. The van der Waals surface area contributed by atoms with Crippen molar-refractivity contribution in [3.63, 3.8) is 0 Å². The van der Waals surface area contributed by atoms with Gasteiger partial charge in [-0.3, -0.25) is 0 Å². The lowest BCUT2D eigenvalue weighted by molar-refractivity contribution is 0.792. The monoisotopic (exact) mass is 974 g/mol. The lowest BCUT2D eigenvalue weighted by Crippen LogP contribution is -2.23. The van der Waals surface area contributed by atoms with Crippen LogP contribution < -0.4 is 9.80 Å². The van der Waals surface area contributed by atoms with Gasteiger partial charge in [-0.05, 0) is 223 Å². The number of hydrogen-bond donors (Lipinski definition) is 0. The minimum atomic E-state index is 0.993. The van der Waals surface area contributed by atoms with Crippen LogP contribution in [0.3, 0.4) is 0 Å². The Hall–Kier alpha value is -8.72. The third-order valence-electron chi connectivity index (χ3n) is 17.3. The van der Waals surface area contributed by atoms with E-state index in [1.54, 1.807) is 11.1 Å². The van der Waals surface area contributed by atoms with Crippen molar-refractivity contribution in [2.45, 2.75) is 64.2 Å². The first-order valence-corrected chi connectivity index (χ1v) is 27.8. The molecule has 2 heteroatoms. The number of rotatable bonds is 6. The van der Waals surface area contributed by atoms with Crippen LogP contribution in [-0.4, -0.2) is 0 Å². The van der Waals surface area contributed by atoms with Crippen molar-refractivity contribution in [2.75, 3.05) is 9.80 Å². The SMILES string of the molecule is C1=CC2=C(CC1)CCC1=C(C=CCC1)N2c1ccc2c(-c3ccccc3-c3cccc4ccccc34)c3cc(N4c5ccccc5CCc5ccccc54)ccc3c(-c3ccccc3-c3cccc4c3CCC=C4)c2c1. The summed E-state index contributed by atoms with van der Waals surface area (Å²) in [6, 6.07) is 74.2. The second-order valence-electron chi connectivity index (χ2n) is 21.4. The summed E-state index contributed by atoms with van der Waals surface area (Å²) in [7, 11) is 0. The zero-order chi connectivity index (χ0) is 50.1. The molecule has 0 radical (unpaired) electrons. The highest BCUT2D eigenvalue weighted by molar-refractivity contribution is 6.25. The predicted molar refractivity (Wildman–Crippen MR) is 323 cm³/mol. The molecular formula is C74H58N2. The number of fused-ring (bicyclic) bond motifs is 6. The molecule has 10 aromatic carbocycles. The molecule has 10 aromatic rings. The molecule has 3 aliphatic carbocycles. The summed E-state index contributed by atoms with van der Waals surface area (Å²) in [6.45, 7) is 0. The van der Waals surface area contributed by atoms with E-state index in [0.29, 0.717) is 0 Å². The molecule has 15 rings (SSSR count). The fourth-order valence-electron chi connectivity index (χ4n) is 13.8. The van der Waals surface area contributed by atoms with Crippen molar-refractivity contribution in [1.29, 1.82) is 0 Å². The highest BCUT2D eigenvalue weighted by Gasteiger charge is 2.30. The molecule has 2 nitrogen and oxygen atoms in total. The van der Waals surface area contributed by atoms with Crippen LogP contribution in [0.1, 0.15) is 67.2 Å². The van der Waals surface area contributed by atoms with Gasteiger partial charge in [-0.15, -0.1) is 0 Å². The molecule has 2 heterocycles. The Labute approximate surface area is 446 Å². The third kappa shape index (κ3) is 7.37. The minimum absolute atomic E-state index is 0.993. The number of benzene rings is 10. The second-order valence-corrected chi connectivity index (χ2v) is 21.4. The van der Waals surface area contributed by atoms with Crippen molar-refractivity contribution in [2.24, 2.45) is 0 Å². The summed E-state index contributed by atoms with van der Waals surface area (Å²) >= 11 is 0. The van der Waals surface area contributed by atoms with Crippen LogP contribution in [0.5, 0.6) is 0 Å². The van der Waals surface area contributed by atoms with Crippen LogP contribution in [0, 0.1) is 0 Å². The number of hydrogen-bond acceptors (Lipinski definition) is 2. The topological polar surface area (TPSA) is 6.48 Å². The van der Waals surface area contributed by atoms with E-state index in [4.69, 9.17) is 0 Å². The Bertz CT molecular complexity index is 4100. The maximum Gasteiger partial charge on any atom is 0.0493 e. The predicted octanol–water partition coefficient (Wildman–Crippen LogP) is 20.2. The lowest BCUT2D eigenvalue weighted by Gasteiger charge is -2.32. The van der Waals surface area contributed by atoms with Crippen LogP contribution in [-0.2, 0) is 19.3 Å². The van der Waals surface area contributed by atoms with Crippen molar-refractivity contribution in [3.8, 4) is 44.5 Å². The highest BCUT2D eigenvalue weighted by Crippen LogP contribution is 2.53. The second kappa shape index (κ2) is 18.6. The zero-order valence-electron chi connectivity index (χ0n) is 42.9. The minimum Gasteiger partial charge on any atom is -0.311 e. The molecule has 76 heavy (non-hydrogen) atoms. The molecule has 364 valence electrons. The van der Waals surface area contributed by atoms with Gasteiger partial charge in [0.25, 0.3) is 0 Å². The number of nitrogens with zero attached hydrogens (tertiary/aromatic N) is 2. The molecule has 2 aliphatic heterocycles. The van der Waals surface area contributed by atoms with E-state index in [0.717, 1.165) is 69.9 Å². The van der Waals surface area contributed by atoms with Crippen molar-refractivity contribution < 1.29 is 0 Å². The molecule has 0 bridgehead atoms. The van der Waals surface area contributed by atoms with Crippen LogP contribution in [0.2, 0.25) is 0 Å². The van der Waals surface area contributed by atoms with Gasteiger partial charge in [0, 0.05) is 34.1 Å². The number of aryl methyl sites for hydroxylation is 2. The molecule has 0 atom stereocenters. The summed E-state index contributed by atoms with van der Waals surface area (Å²) in [4.78, 5) is 5.19. The fraction of sp³-hybridized carbons (Fsp3) is 0.135. The van der Waals surface area contributed by atoms with Gasteiger partial charge < -0.3 is 9.80 Å². The van der Waals surface area contributed by atoms with Crippen molar-refractivity contribution in [1.82, 2.24) is 0 Å². The van der Waals surface area contributed by atoms with Crippen molar-refractivity contribution >= 4 is 61.1 Å². The average molecular weight is 975 g/mol. The Balaban J connectivity index is 1.09. The van der Waals surface area contributed by atoms with Gasteiger partial charge in [-0.25, -0.2) is 0 Å². The molecule has 0 saturated carbocycles. The number of allylic oxidation sites excluding steroid dienone is 7. The Morgan fingerprint density at radius 3 is 1.45 bits per heavy atom. The largest absolute Gasteiger partial charge is 0.311 e. The maximum absolute atomic E-state index is 2.64. The van der Waals surface area contributed by atoms with Gasteiger partial charge in [-0.2, -0.15) is 0 Å². The smallest absolute Gasteiger partial charge is 0.0493 e. The van der Waals surface area contributed by atoms with Gasteiger partial charge in [0.2, 0.25) is 0 Å². The quantitative estimate of drug-likeness (QED) is 0.153. The molecule has 0 fully saturated rings. The Kier molecular flexibility index (Phi) is 10.9. The molecular weight excluding hydrogens is 917 g/mol. The van der Waals surface area contributed by atoms with E-state index >= 15 is 0 Å². The lowest BCUT2D eigenvalue weighted by atomic mass is 9.80. The first kappa shape index (κ1) is 44.7. The van der Waals surface area contributed by atoms with Gasteiger partial charge in [0.15, 0.2) is 0 Å². The van der Waals surface area contributed by atoms with Gasteiger partial charge in [0.05, 0.1) is 0 Å². The van der Waals surface area contributed by atoms with Crippen LogP contribution in [0.4, 0.5) is 22.7 Å². The summed E-state index contributed by atoms with van der Waals surface area (Å²) in [5.41, 5.74) is 26.3. The van der Waals surface area contributed by atoms with Gasteiger partial charge in [0.1, 0.15) is 0 Å². The fourth-order valence-corrected chi connectivity index (χ4v) is 13.8. The summed E-state index contributed by atoms with van der Waals surface area (Å²) in [5.74, 6) is 0. The molecule has 0 spiro atoms. The molecule has 0 N–H and O–H groups in total. The first-order valence-electron chi connectivity index (χ1n) is 27.8. The Morgan fingerprint density at radius 2 is 0.789 bits per heavy atom. The molecule has 0 saturated heterocycles. The zero-order valence-corrected chi connectivity index (χ0v) is 42.9. The van der Waals surface area contributed by atoms with Gasteiger partial charge >= 0.3 is 0 Å². The average Bonchev–Trinajstić information content (AvgIpc) is 3.76. The number of anilines is 4. The first-order chi connectivity index (χ1) is 37.7. The van der Waals surface area contributed by atoms with E-state index in [-0.39, 0.29) is 0 Å². The molecule has 5 aliphatic rings. The van der Waals surface area contributed by atoms with Crippen molar-refractivity contribution in [3.05, 3.63) is 269 Å². The van der Waals surface area contributed by atoms with E-state index in [9.17, 15) is 0 Å². The number of para-hydroxylation sites is 2. The summed E-state index contributed by atoms with van der Waals surface area (Å²) in [5, 5.41) is 7.49. The summed E-state index contributed by atoms with van der Waals surface area (Å²) in [6.07, 6.45) is 25.1. The molecule has 0 unspecified atom stereocenters.